The van der Waals surface area contributed by atoms with Gasteiger partial charge in [-0.1, -0.05) is 0 Å². The Labute approximate surface area is 167 Å². The molecule has 2 aliphatic rings. The molecule has 1 saturated heterocycles. The third-order valence-electron chi connectivity index (χ3n) is 4.67. The molecule has 0 unspecified atom stereocenters. The molecule has 2 aromatic rings. The van der Waals surface area contributed by atoms with Gasteiger partial charge in [0, 0.05) is 38.3 Å². The highest BCUT2D eigenvalue weighted by molar-refractivity contribution is 6.01. The van der Waals surface area contributed by atoms with Gasteiger partial charge in [0.2, 0.25) is 17.8 Å². The molecule has 2 aromatic heterocycles. The lowest BCUT2D eigenvalue weighted by molar-refractivity contribution is -0.117. The molecule has 0 aromatic carbocycles. The fraction of sp³-hybridized carbons (Fsp3) is 0.444. The fourth-order valence-corrected chi connectivity index (χ4v) is 2.90. The van der Waals surface area contributed by atoms with Crippen LogP contribution < -0.4 is 20.9 Å². The first-order chi connectivity index (χ1) is 14.1. The molecule has 0 spiro atoms. The van der Waals surface area contributed by atoms with Gasteiger partial charge in [0.15, 0.2) is 0 Å². The van der Waals surface area contributed by atoms with Gasteiger partial charge in [-0.15, -0.1) is 0 Å². The second kappa shape index (κ2) is 8.35. The number of pyridine rings is 1. The molecule has 152 valence electrons. The Morgan fingerprint density at radius 3 is 2.69 bits per heavy atom. The van der Waals surface area contributed by atoms with Crippen LogP contribution in [0.4, 0.5) is 23.4 Å². The van der Waals surface area contributed by atoms with E-state index in [-0.39, 0.29) is 23.7 Å². The molecule has 1 aliphatic heterocycles. The second-order valence-corrected chi connectivity index (χ2v) is 6.79. The molecule has 3 N–H and O–H groups in total. The van der Waals surface area contributed by atoms with E-state index in [1.54, 1.807) is 6.07 Å². The predicted octanol–water partition coefficient (Wildman–Crippen LogP) is 0.555. The first-order valence-electron chi connectivity index (χ1n) is 9.46. The van der Waals surface area contributed by atoms with Gasteiger partial charge in [0.25, 0.3) is 5.91 Å². The SMILES string of the molecule is CNC(=O)c1cnc(NC(=O)C2CC2)cc1Nc1ncnc(N2CCOCC2)n1. The molecule has 11 nitrogen and oxygen atoms in total. The predicted molar refractivity (Wildman–Crippen MR) is 105 cm³/mol. The van der Waals surface area contributed by atoms with Gasteiger partial charge >= 0.3 is 0 Å². The number of carbonyl (C=O) groups is 2. The van der Waals surface area contributed by atoms with Crippen molar-refractivity contribution in [2.75, 3.05) is 48.9 Å². The van der Waals surface area contributed by atoms with Crippen LogP contribution in [0.2, 0.25) is 0 Å². The highest BCUT2D eigenvalue weighted by atomic mass is 16.5. The van der Waals surface area contributed by atoms with E-state index in [1.165, 1.54) is 19.6 Å². The van der Waals surface area contributed by atoms with Crippen molar-refractivity contribution in [1.82, 2.24) is 25.3 Å². The molecular formula is C18H22N8O3. The Kier molecular flexibility index (Phi) is 5.47. The smallest absolute Gasteiger partial charge is 0.254 e. The van der Waals surface area contributed by atoms with E-state index < -0.39 is 0 Å². The maximum absolute atomic E-state index is 12.2. The van der Waals surface area contributed by atoms with Crippen LogP contribution in [0.3, 0.4) is 0 Å². The summed E-state index contributed by atoms with van der Waals surface area (Å²) in [6.45, 7) is 2.62. The van der Waals surface area contributed by atoms with E-state index in [4.69, 9.17) is 4.74 Å². The zero-order valence-corrected chi connectivity index (χ0v) is 16.0. The average Bonchev–Trinajstić information content (AvgIpc) is 3.60. The summed E-state index contributed by atoms with van der Waals surface area (Å²) in [4.78, 5) is 43.3. The largest absolute Gasteiger partial charge is 0.378 e. The number of anilines is 4. The average molecular weight is 398 g/mol. The number of carbonyl (C=O) groups excluding carboxylic acids is 2. The molecule has 1 saturated carbocycles. The van der Waals surface area contributed by atoms with Crippen LogP contribution in [0, 0.1) is 5.92 Å². The van der Waals surface area contributed by atoms with Crippen molar-refractivity contribution < 1.29 is 14.3 Å². The van der Waals surface area contributed by atoms with Gasteiger partial charge in [0.05, 0.1) is 24.5 Å². The number of amides is 2. The Balaban J connectivity index is 1.58. The summed E-state index contributed by atoms with van der Waals surface area (Å²) >= 11 is 0. The molecule has 0 radical (unpaired) electrons. The van der Waals surface area contributed by atoms with Gasteiger partial charge < -0.3 is 25.6 Å². The van der Waals surface area contributed by atoms with Crippen molar-refractivity contribution in [2.45, 2.75) is 12.8 Å². The Morgan fingerprint density at radius 2 is 1.97 bits per heavy atom. The molecule has 2 fully saturated rings. The summed E-state index contributed by atoms with van der Waals surface area (Å²) in [7, 11) is 1.54. The quantitative estimate of drug-likeness (QED) is 0.638. The van der Waals surface area contributed by atoms with Crippen molar-refractivity contribution in [3.8, 4) is 0 Å². The molecule has 11 heteroatoms. The van der Waals surface area contributed by atoms with Gasteiger partial charge in [-0.05, 0) is 12.8 Å². The van der Waals surface area contributed by atoms with Gasteiger partial charge in [0.1, 0.15) is 12.1 Å². The number of ether oxygens (including phenoxy) is 1. The first-order valence-corrected chi connectivity index (χ1v) is 9.46. The number of nitrogens with one attached hydrogen (secondary N) is 3. The van der Waals surface area contributed by atoms with Crippen molar-refractivity contribution in [3.05, 3.63) is 24.2 Å². The van der Waals surface area contributed by atoms with E-state index in [1.807, 2.05) is 4.90 Å². The third kappa shape index (κ3) is 4.57. The van der Waals surface area contributed by atoms with E-state index in [2.05, 4.69) is 35.9 Å². The summed E-state index contributed by atoms with van der Waals surface area (Å²) < 4.78 is 5.35. The topological polar surface area (TPSA) is 134 Å². The number of rotatable bonds is 6. The standard InChI is InChI=1S/C18H22N8O3/c1-19-16(28)12-9-20-14(24-15(27)11-2-3-11)8-13(12)23-17-21-10-22-18(25-17)26-4-6-29-7-5-26/h8-11H,2-7H2,1H3,(H,19,28)(H2,20,21,22,23,24,25,27). The maximum Gasteiger partial charge on any atom is 0.254 e. The minimum atomic E-state index is -0.317. The van der Waals surface area contributed by atoms with Crippen LogP contribution in [0.1, 0.15) is 23.2 Å². The normalized spacial score (nSPS) is 16.2. The summed E-state index contributed by atoms with van der Waals surface area (Å²) in [5.41, 5.74) is 0.745. The van der Waals surface area contributed by atoms with E-state index >= 15 is 0 Å². The van der Waals surface area contributed by atoms with E-state index in [9.17, 15) is 9.59 Å². The summed E-state index contributed by atoms with van der Waals surface area (Å²) in [6.07, 6.45) is 4.61. The van der Waals surface area contributed by atoms with Crippen molar-refractivity contribution in [2.24, 2.45) is 5.92 Å². The highest BCUT2D eigenvalue weighted by Crippen LogP contribution is 2.30. The van der Waals surface area contributed by atoms with Crippen LogP contribution in [0.5, 0.6) is 0 Å². The number of morpholine rings is 1. The van der Waals surface area contributed by atoms with Crippen LogP contribution in [-0.2, 0) is 9.53 Å². The highest BCUT2D eigenvalue weighted by Gasteiger charge is 2.30. The Bertz CT molecular complexity index is 912. The number of nitrogens with zero attached hydrogens (tertiary/aromatic N) is 5. The van der Waals surface area contributed by atoms with Crippen LogP contribution in [0.15, 0.2) is 18.6 Å². The number of aromatic nitrogens is 4. The van der Waals surface area contributed by atoms with Gasteiger partial charge in [-0.25, -0.2) is 15.0 Å². The first kappa shape index (κ1) is 19.0. The zero-order chi connectivity index (χ0) is 20.2. The molecule has 1 aliphatic carbocycles. The van der Waals surface area contributed by atoms with Crippen molar-refractivity contribution in [3.63, 3.8) is 0 Å². The monoisotopic (exact) mass is 398 g/mol. The number of hydrogen-bond acceptors (Lipinski definition) is 9. The third-order valence-corrected chi connectivity index (χ3v) is 4.67. The van der Waals surface area contributed by atoms with E-state index in [0.717, 1.165) is 12.8 Å². The molecule has 4 rings (SSSR count). The minimum Gasteiger partial charge on any atom is -0.378 e. The van der Waals surface area contributed by atoms with E-state index in [0.29, 0.717) is 49.3 Å². The van der Waals surface area contributed by atoms with Crippen LogP contribution in [-0.4, -0.2) is 65.1 Å². The van der Waals surface area contributed by atoms with Crippen LogP contribution in [0.25, 0.3) is 0 Å². The second-order valence-electron chi connectivity index (χ2n) is 6.79. The Hall–Kier alpha value is -3.34. The molecule has 0 atom stereocenters. The lowest BCUT2D eigenvalue weighted by Gasteiger charge is -2.26. The molecule has 0 bridgehead atoms. The fourth-order valence-electron chi connectivity index (χ4n) is 2.90. The summed E-state index contributed by atoms with van der Waals surface area (Å²) in [5.74, 6) is 0.848. The van der Waals surface area contributed by atoms with Gasteiger partial charge in [-0.3, -0.25) is 9.59 Å². The zero-order valence-electron chi connectivity index (χ0n) is 16.0. The van der Waals surface area contributed by atoms with Crippen molar-refractivity contribution in [1.29, 1.82) is 0 Å². The van der Waals surface area contributed by atoms with Gasteiger partial charge in [-0.2, -0.15) is 4.98 Å². The molecule has 3 heterocycles. The Morgan fingerprint density at radius 1 is 1.17 bits per heavy atom. The summed E-state index contributed by atoms with van der Waals surface area (Å²) in [5, 5.41) is 8.41. The van der Waals surface area contributed by atoms with Crippen molar-refractivity contribution >= 4 is 35.2 Å². The lowest BCUT2D eigenvalue weighted by Crippen LogP contribution is -2.37. The number of hydrogen-bond donors (Lipinski definition) is 3. The molecule has 2 amide bonds. The molecule has 29 heavy (non-hydrogen) atoms. The molecular weight excluding hydrogens is 376 g/mol. The summed E-state index contributed by atoms with van der Waals surface area (Å²) in [6, 6.07) is 1.60. The lowest BCUT2D eigenvalue weighted by atomic mass is 10.2. The van der Waals surface area contributed by atoms with Crippen LogP contribution >= 0.6 is 0 Å². The maximum atomic E-state index is 12.2. The minimum absolute atomic E-state index is 0.0476.